The summed E-state index contributed by atoms with van der Waals surface area (Å²) in [6.07, 6.45) is 2.45. The summed E-state index contributed by atoms with van der Waals surface area (Å²) in [5.41, 5.74) is 0.778. The molecule has 0 spiro atoms. The fraction of sp³-hybridized carbons (Fsp3) is 0.412. The van der Waals surface area contributed by atoms with Crippen LogP contribution < -0.4 is 0 Å². The molecule has 24 heavy (non-hydrogen) atoms. The highest BCUT2D eigenvalue weighted by molar-refractivity contribution is 7.91. The van der Waals surface area contributed by atoms with E-state index in [1.54, 1.807) is 29.2 Å². The molecule has 1 fully saturated rings. The number of hydrogen-bond donors (Lipinski definition) is 1. The van der Waals surface area contributed by atoms with Crippen LogP contribution in [0.4, 0.5) is 0 Å². The van der Waals surface area contributed by atoms with Gasteiger partial charge in [-0.15, -0.1) is 6.58 Å². The number of carboxylic acids is 1. The minimum Gasteiger partial charge on any atom is -0.478 e. The Morgan fingerprint density at radius 3 is 2.62 bits per heavy atom. The van der Waals surface area contributed by atoms with Crippen molar-refractivity contribution >= 4 is 21.7 Å². The van der Waals surface area contributed by atoms with Crippen molar-refractivity contribution in [1.82, 2.24) is 4.90 Å². The number of amides is 1. The first-order chi connectivity index (χ1) is 11.3. The van der Waals surface area contributed by atoms with Crippen molar-refractivity contribution in [2.45, 2.75) is 25.3 Å². The number of nitrogens with zero attached hydrogens (tertiary/aromatic N) is 1. The third kappa shape index (κ3) is 4.44. The molecule has 1 saturated heterocycles. The number of sulfone groups is 1. The highest BCUT2D eigenvalue weighted by Crippen LogP contribution is 2.20. The highest BCUT2D eigenvalue weighted by atomic mass is 32.2. The number of carbonyl (C=O) groups excluding carboxylic acids is 1. The second-order valence-electron chi connectivity index (χ2n) is 5.85. The van der Waals surface area contributed by atoms with Gasteiger partial charge < -0.3 is 10.0 Å². The van der Waals surface area contributed by atoms with Crippen LogP contribution in [-0.4, -0.2) is 54.4 Å². The van der Waals surface area contributed by atoms with Crippen molar-refractivity contribution in [2.75, 3.05) is 18.1 Å². The molecule has 1 heterocycles. The third-order valence-corrected chi connectivity index (χ3v) is 5.90. The van der Waals surface area contributed by atoms with E-state index in [4.69, 9.17) is 0 Å². The van der Waals surface area contributed by atoms with E-state index in [2.05, 4.69) is 6.58 Å². The van der Waals surface area contributed by atoms with Crippen molar-refractivity contribution in [2.24, 2.45) is 0 Å². The van der Waals surface area contributed by atoms with Crippen molar-refractivity contribution in [3.63, 3.8) is 0 Å². The SMILES string of the molecule is C=CCN(C(=O)CCc1ccccc1C(=O)O)C1CCS(=O)(=O)C1. The first-order valence-electron chi connectivity index (χ1n) is 7.76. The lowest BCUT2D eigenvalue weighted by molar-refractivity contribution is -0.132. The number of benzene rings is 1. The topological polar surface area (TPSA) is 91.8 Å². The maximum atomic E-state index is 12.5. The van der Waals surface area contributed by atoms with Gasteiger partial charge in [0, 0.05) is 19.0 Å². The molecular weight excluding hydrogens is 330 g/mol. The highest BCUT2D eigenvalue weighted by Gasteiger charge is 2.33. The Labute approximate surface area is 141 Å². The van der Waals surface area contributed by atoms with Gasteiger partial charge in [-0.2, -0.15) is 0 Å². The van der Waals surface area contributed by atoms with Crippen molar-refractivity contribution in [3.05, 3.63) is 48.0 Å². The molecule has 1 aliphatic heterocycles. The summed E-state index contributed by atoms with van der Waals surface area (Å²) < 4.78 is 23.3. The van der Waals surface area contributed by atoms with Crippen LogP contribution >= 0.6 is 0 Å². The predicted octanol–water partition coefficient (Wildman–Crippen LogP) is 1.52. The zero-order valence-corrected chi connectivity index (χ0v) is 14.2. The van der Waals surface area contributed by atoms with Gasteiger partial charge in [0.1, 0.15) is 0 Å². The van der Waals surface area contributed by atoms with Crippen LogP contribution in [0.5, 0.6) is 0 Å². The predicted molar refractivity (Wildman–Crippen MR) is 90.7 cm³/mol. The van der Waals surface area contributed by atoms with E-state index in [0.717, 1.165) is 0 Å². The van der Waals surface area contributed by atoms with E-state index in [0.29, 0.717) is 24.9 Å². The average molecular weight is 351 g/mol. The van der Waals surface area contributed by atoms with Crippen molar-refractivity contribution in [3.8, 4) is 0 Å². The Morgan fingerprint density at radius 2 is 2.04 bits per heavy atom. The van der Waals surface area contributed by atoms with Crippen LogP contribution in [0.15, 0.2) is 36.9 Å². The van der Waals surface area contributed by atoms with Gasteiger partial charge in [-0.3, -0.25) is 4.79 Å². The Hall–Kier alpha value is -2.15. The molecule has 2 rings (SSSR count). The molecule has 0 radical (unpaired) electrons. The number of hydrogen-bond acceptors (Lipinski definition) is 4. The minimum absolute atomic E-state index is 0.0156. The fourth-order valence-corrected chi connectivity index (χ4v) is 4.68. The van der Waals surface area contributed by atoms with Gasteiger partial charge in [0.25, 0.3) is 0 Å². The lowest BCUT2D eigenvalue weighted by Crippen LogP contribution is -2.41. The number of carboxylic acid groups (broad SMARTS) is 1. The monoisotopic (exact) mass is 351 g/mol. The van der Waals surface area contributed by atoms with Gasteiger partial charge in [-0.25, -0.2) is 13.2 Å². The molecule has 1 aliphatic rings. The van der Waals surface area contributed by atoms with Crippen LogP contribution in [0.3, 0.4) is 0 Å². The number of aryl methyl sites for hydroxylation is 1. The molecule has 0 aromatic heterocycles. The minimum atomic E-state index is -3.08. The molecule has 0 saturated carbocycles. The van der Waals surface area contributed by atoms with Gasteiger partial charge in [0.05, 0.1) is 17.1 Å². The summed E-state index contributed by atoms with van der Waals surface area (Å²) >= 11 is 0. The lowest BCUT2D eigenvalue weighted by atomic mass is 10.0. The fourth-order valence-electron chi connectivity index (χ4n) is 2.95. The average Bonchev–Trinajstić information content (AvgIpc) is 2.90. The zero-order chi connectivity index (χ0) is 17.7. The first kappa shape index (κ1) is 18.2. The molecule has 1 amide bonds. The molecule has 1 N–H and O–H groups in total. The Kier molecular flexibility index (Phi) is 5.77. The van der Waals surface area contributed by atoms with E-state index >= 15 is 0 Å². The Morgan fingerprint density at radius 1 is 1.33 bits per heavy atom. The third-order valence-electron chi connectivity index (χ3n) is 4.15. The molecule has 0 aliphatic carbocycles. The summed E-state index contributed by atoms with van der Waals surface area (Å²) in [4.78, 5) is 25.3. The standard InChI is InChI=1S/C17H21NO5S/c1-2-10-18(14-9-11-24(22,23)12-14)16(19)8-7-13-5-3-4-6-15(13)17(20)21/h2-6,14H,1,7-12H2,(H,20,21). The van der Waals surface area contributed by atoms with E-state index in [9.17, 15) is 23.1 Å². The van der Waals surface area contributed by atoms with Crippen LogP contribution in [0.25, 0.3) is 0 Å². The molecule has 1 unspecified atom stereocenters. The molecule has 1 atom stereocenters. The quantitative estimate of drug-likeness (QED) is 0.752. The lowest BCUT2D eigenvalue weighted by Gasteiger charge is -2.27. The molecule has 1 aromatic rings. The zero-order valence-electron chi connectivity index (χ0n) is 13.3. The molecule has 0 bridgehead atoms. The second kappa shape index (κ2) is 7.61. The second-order valence-corrected chi connectivity index (χ2v) is 8.08. The van der Waals surface area contributed by atoms with Crippen molar-refractivity contribution in [1.29, 1.82) is 0 Å². The van der Waals surface area contributed by atoms with Crippen molar-refractivity contribution < 1.29 is 23.1 Å². The van der Waals surface area contributed by atoms with E-state index in [-0.39, 0.29) is 35.4 Å². The maximum absolute atomic E-state index is 12.5. The first-order valence-corrected chi connectivity index (χ1v) is 9.58. The summed E-state index contributed by atoms with van der Waals surface area (Å²) in [6.45, 7) is 3.92. The number of carbonyl (C=O) groups is 2. The van der Waals surface area contributed by atoms with Crippen LogP contribution in [0.1, 0.15) is 28.8 Å². The summed E-state index contributed by atoms with van der Waals surface area (Å²) in [7, 11) is -3.08. The number of aromatic carboxylic acids is 1. The number of rotatable bonds is 7. The Balaban J connectivity index is 2.06. The molecule has 1 aromatic carbocycles. The van der Waals surface area contributed by atoms with E-state index in [1.165, 1.54) is 6.07 Å². The molecular formula is C17H21NO5S. The maximum Gasteiger partial charge on any atom is 0.335 e. The van der Waals surface area contributed by atoms with E-state index < -0.39 is 15.8 Å². The van der Waals surface area contributed by atoms with Crippen LogP contribution in [-0.2, 0) is 21.1 Å². The van der Waals surface area contributed by atoms with Gasteiger partial charge in [-0.05, 0) is 24.5 Å². The largest absolute Gasteiger partial charge is 0.478 e. The smallest absolute Gasteiger partial charge is 0.335 e. The summed E-state index contributed by atoms with van der Waals surface area (Å²) in [5.74, 6) is -1.13. The summed E-state index contributed by atoms with van der Waals surface area (Å²) in [6, 6.07) is 6.25. The van der Waals surface area contributed by atoms with Crippen LogP contribution in [0, 0.1) is 0 Å². The van der Waals surface area contributed by atoms with E-state index in [1.807, 2.05) is 0 Å². The van der Waals surface area contributed by atoms with Crippen LogP contribution in [0.2, 0.25) is 0 Å². The molecule has 6 nitrogen and oxygen atoms in total. The van der Waals surface area contributed by atoms with Gasteiger partial charge in [0.2, 0.25) is 5.91 Å². The summed E-state index contributed by atoms with van der Waals surface area (Å²) in [5, 5.41) is 9.18. The van der Waals surface area contributed by atoms with Gasteiger partial charge >= 0.3 is 5.97 Å². The van der Waals surface area contributed by atoms with Gasteiger partial charge in [-0.1, -0.05) is 24.3 Å². The van der Waals surface area contributed by atoms with Gasteiger partial charge in [0.15, 0.2) is 9.84 Å². The Bertz CT molecular complexity index is 741. The molecule has 130 valence electrons. The normalized spacial score (nSPS) is 18.9. The molecule has 7 heteroatoms.